The van der Waals surface area contributed by atoms with Crippen LogP contribution in [0.3, 0.4) is 0 Å². The molecule has 1 aliphatic carbocycles. The number of aliphatic hydroxyl groups excluding tert-OH is 2. The lowest BCUT2D eigenvalue weighted by Gasteiger charge is -2.29. The highest BCUT2D eigenvalue weighted by Gasteiger charge is 2.26. The Hall–Kier alpha value is -0.760. The van der Waals surface area contributed by atoms with E-state index in [0.717, 1.165) is 25.7 Å². The minimum Gasteiger partial charge on any atom is -0.508 e. The molecule has 0 saturated carbocycles. The van der Waals surface area contributed by atoms with Crippen molar-refractivity contribution in [1.29, 1.82) is 0 Å². The Labute approximate surface area is 86.0 Å². The molecule has 80 valence electrons. The van der Waals surface area contributed by atoms with Crippen LogP contribution in [-0.2, 0) is 0 Å². The summed E-state index contributed by atoms with van der Waals surface area (Å²) in [6.07, 6.45) is 8.76. The van der Waals surface area contributed by atoms with Crippen LogP contribution in [-0.4, -0.2) is 16.3 Å². The van der Waals surface area contributed by atoms with Gasteiger partial charge in [-0.3, -0.25) is 0 Å². The molecule has 2 heteroatoms. The summed E-state index contributed by atoms with van der Waals surface area (Å²) < 4.78 is 0. The molecule has 0 aromatic carbocycles. The average Bonchev–Trinajstić information content (AvgIpc) is 2.02. The molecule has 0 spiro atoms. The molecule has 1 aliphatic rings. The molecular weight excluding hydrogens is 176 g/mol. The molecule has 0 amide bonds. The molecule has 0 aromatic rings. The van der Waals surface area contributed by atoms with Gasteiger partial charge in [-0.1, -0.05) is 26.3 Å². The first-order valence-corrected chi connectivity index (χ1v) is 5.32. The van der Waals surface area contributed by atoms with E-state index >= 15 is 0 Å². The Kier molecular flexibility index (Phi) is 3.76. The Morgan fingerprint density at radius 1 is 1.57 bits per heavy atom. The minimum absolute atomic E-state index is 0.0760. The third-order valence-corrected chi connectivity index (χ3v) is 2.69. The molecule has 14 heavy (non-hydrogen) atoms. The third-order valence-electron chi connectivity index (χ3n) is 2.69. The lowest BCUT2D eigenvalue weighted by molar-refractivity contribution is 0.114. The maximum Gasteiger partial charge on any atom is 0.111 e. The standard InChI is InChI=1S/C12H20O2/c1-3-5-10(13)8-12(2)7-4-6-11(14)9-12/h4,6,9-10,13-14H,3,5,7-8H2,1-2H3/t10?,12-/m1/s1. The predicted octanol–water partition coefficient (Wildman–Crippen LogP) is 2.95. The van der Waals surface area contributed by atoms with E-state index in [4.69, 9.17) is 0 Å². The van der Waals surface area contributed by atoms with E-state index in [1.54, 1.807) is 6.08 Å². The smallest absolute Gasteiger partial charge is 0.111 e. The maximum atomic E-state index is 9.72. The first kappa shape index (κ1) is 11.3. The van der Waals surface area contributed by atoms with Gasteiger partial charge in [-0.15, -0.1) is 0 Å². The van der Waals surface area contributed by atoms with Crippen molar-refractivity contribution < 1.29 is 10.2 Å². The molecule has 2 N–H and O–H groups in total. The van der Waals surface area contributed by atoms with Crippen LogP contribution >= 0.6 is 0 Å². The first-order valence-electron chi connectivity index (χ1n) is 5.32. The van der Waals surface area contributed by atoms with Gasteiger partial charge in [-0.05, 0) is 36.8 Å². The van der Waals surface area contributed by atoms with E-state index in [-0.39, 0.29) is 11.5 Å². The molecule has 0 radical (unpaired) electrons. The van der Waals surface area contributed by atoms with Gasteiger partial charge in [0.25, 0.3) is 0 Å². The summed E-state index contributed by atoms with van der Waals surface area (Å²) in [7, 11) is 0. The highest BCUT2D eigenvalue weighted by molar-refractivity contribution is 5.20. The summed E-state index contributed by atoms with van der Waals surface area (Å²) in [6.45, 7) is 4.14. The van der Waals surface area contributed by atoms with Crippen LogP contribution in [0.1, 0.15) is 39.5 Å². The molecule has 0 heterocycles. The number of aliphatic hydroxyl groups is 2. The second-order valence-corrected chi connectivity index (χ2v) is 4.48. The maximum absolute atomic E-state index is 9.72. The molecular formula is C12H20O2. The predicted molar refractivity (Wildman–Crippen MR) is 58.1 cm³/mol. The van der Waals surface area contributed by atoms with Gasteiger partial charge in [-0.25, -0.2) is 0 Å². The fraction of sp³-hybridized carbons (Fsp3) is 0.667. The molecule has 0 saturated heterocycles. The number of hydrogen-bond donors (Lipinski definition) is 2. The van der Waals surface area contributed by atoms with Gasteiger partial charge in [0.05, 0.1) is 6.10 Å². The van der Waals surface area contributed by atoms with E-state index in [9.17, 15) is 10.2 Å². The highest BCUT2D eigenvalue weighted by atomic mass is 16.3. The van der Waals surface area contributed by atoms with Crippen molar-refractivity contribution in [1.82, 2.24) is 0 Å². The zero-order chi connectivity index (χ0) is 10.6. The monoisotopic (exact) mass is 196 g/mol. The summed E-state index contributed by atoms with van der Waals surface area (Å²) in [5, 5.41) is 19.1. The lowest BCUT2D eigenvalue weighted by Crippen LogP contribution is -2.23. The molecule has 1 rings (SSSR count). The van der Waals surface area contributed by atoms with Gasteiger partial charge in [0, 0.05) is 0 Å². The highest BCUT2D eigenvalue weighted by Crippen LogP contribution is 2.34. The minimum atomic E-state index is -0.249. The quantitative estimate of drug-likeness (QED) is 0.725. The van der Waals surface area contributed by atoms with E-state index in [2.05, 4.69) is 13.8 Å². The van der Waals surface area contributed by atoms with E-state index in [0.29, 0.717) is 5.76 Å². The van der Waals surface area contributed by atoms with E-state index in [1.807, 2.05) is 12.2 Å². The zero-order valence-electron chi connectivity index (χ0n) is 9.03. The lowest BCUT2D eigenvalue weighted by atomic mass is 9.78. The van der Waals surface area contributed by atoms with Crippen LogP contribution < -0.4 is 0 Å². The number of hydrogen-bond acceptors (Lipinski definition) is 2. The zero-order valence-corrected chi connectivity index (χ0v) is 9.03. The van der Waals surface area contributed by atoms with Crippen molar-refractivity contribution in [2.24, 2.45) is 5.41 Å². The van der Waals surface area contributed by atoms with Crippen molar-refractivity contribution >= 4 is 0 Å². The SMILES string of the molecule is CCCC(O)C[C@]1(C)C=C(O)C=CC1. The molecule has 0 aliphatic heterocycles. The van der Waals surface area contributed by atoms with E-state index < -0.39 is 0 Å². The van der Waals surface area contributed by atoms with Gasteiger partial charge >= 0.3 is 0 Å². The van der Waals surface area contributed by atoms with Crippen LogP contribution in [0.5, 0.6) is 0 Å². The fourth-order valence-corrected chi connectivity index (χ4v) is 2.03. The Morgan fingerprint density at radius 2 is 2.29 bits per heavy atom. The Bertz CT molecular complexity index is 243. The van der Waals surface area contributed by atoms with E-state index in [1.165, 1.54) is 0 Å². The van der Waals surface area contributed by atoms with Crippen molar-refractivity contribution in [3.8, 4) is 0 Å². The molecule has 2 nitrogen and oxygen atoms in total. The van der Waals surface area contributed by atoms with Gasteiger partial charge in [0.15, 0.2) is 0 Å². The number of rotatable bonds is 4. The van der Waals surface area contributed by atoms with Gasteiger partial charge in [-0.2, -0.15) is 0 Å². The first-order chi connectivity index (χ1) is 6.56. The number of allylic oxidation sites excluding steroid dienone is 3. The molecule has 2 atom stereocenters. The Morgan fingerprint density at radius 3 is 2.86 bits per heavy atom. The van der Waals surface area contributed by atoms with Gasteiger partial charge in [0.1, 0.15) is 5.76 Å². The summed E-state index contributed by atoms with van der Waals surface area (Å²) in [6, 6.07) is 0. The molecule has 0 fully saturated rings. The van der Waals surface area contributed by atoms with Crippen LogP contribution in [0.15, 0.2) is 24.0 Å². The van der Waals surface area contributed by atoms with Crippen molar-refractivity contribution in [3.05, 3.63) is 24.0 Å². The topological polar surface area (TPSA) is 40.5 Å². The fourth-order valence-electron chi connectivity index (χ4n) is 2.03. The third kappa shape index (κ3) is 3.18. The molecule has 0 bridgehead atoms. The van der Waals surface area contributed by atoms with Crippen LogP contribution in [0.25, 0.3) is 0 Å². The van der Waals surface area contributed by atoms with Gasteiger partial charge in [0.2, 0.25) is 0 Å². The summed E-state index contributed by atoms with van der Waals surface area (Å²) >= 11 is 0. The van der Waals surface area contributed by atoms with Crippen LogP contribution in [0, 0.1) is 5.41 Å². The van der Waals surface area contributed by atoms with Gasteiger partial charge < -0.3 is 10.2 Å². The molecule has 1 unspecified atom stereocenters. The molecule has 0 aromatic heterocycles. The Balaban J connectivity index is 2.54. The summed E-state index contributed by atoms with van der Waals surface area (Å²) in [5.74, 6) is 0.322. The normalized spacial score (nSPS) is 28.6. The summed E-state index contributed by atoms with van der Waals surface area (Å²) in [4.78, 5) is 0. The largest absolute Gasteiger partial charge is 0.508 e. The summed E-state index contributed by atoms with van der Waals surface area (Å²) in [5.41, 5.74) is -0.0760. The van der Waals surface area contributed by atoms with Crippen LogP contribution in [0.4, 0.5) is 0 Å². The van der Waals surface area contributed by atoms with Crippen molar-refractivity contribution in [3.63, 3.8) is 0 Å². The second kappa shape index (κ2) is 4.65. The average molecular weight is 196 g/mol. The second-order valence-electron chi connectivity index (χ2n) is 4.48. The van der Waals surface area contributed by atoms with Crippen molar-refractivity contribution in [2.75, 3.05) is 0 Å². The van der Waals surface area contributed by atoms with Crippen LogP contribution in [0.2, 0.25) is 0 Å². The van der Waals surface area contributed by atoms with Crippen molar-refractivity contribution in [2.45, 2.75) is 45.6 Å².